The Bertz CT molecular complexity index is 727. The molecule has 0 aliphatic carbocycles. The fraction of sp³-hybridized carbons (Fsp3) is 0.267. The first-order chi connectivity index (χ1) is 9.19. The maximum absolute atomic E-state index is 6.04. The number of imidazole rings is 1. The highest BCUT2D eigenvalue weighted by Gasteiger charge is 2.11. The largest absolute Gasteiger partial charge is 0.322 e. The number of nitrogens with zero attached hydrogens (tertiary/aromatic N) is 2. The zero-order chi connectivity index (χ0) is 13.4. The molecule has 0 bridgehead atoms. The minimum atomic E-state index is 0.443. The lowest BCUT2D eigenvalue weighted by atomic mass is 10.2. The third kappa shape index (κ3) is 2.28. The van der Waals surface area contributed by atoms with E-state index in [-0.39, 0.29) is 0 Å². The number of alkyl halides is 1. The van der Waals surface area contributed by atoms with Crippen LogP contribution in [0.25, 0.3) is 11.0 Å². The fourth-order valence-corrected chi connectivity index (χ4v) is 3.38. The van der Waals surface area contributed by atoms with E-state index in [2.05, 4.69) is 53.0 Å². The molecule has 0 saturated carbocycles. The van der Waals surface area contributed by atoms with Crippen LogP contribution in [0, 0.1) is 13.8 Å². The van der Waals surface area contributed by atoms with Gasteiger partial charge in [0.15, 0.2) is 0 Å². The molecule has 4 heteroatoms. The van der Waals surface area contributed by atoms with Crippen molar-refractivity contribution < 1.29 is 0 Å². The van der Waals surface area contributed by atoms with Crippen molar-refractivity contribution in [2.24, 2.45) is 0 Å². The van der Waals surface area contributed by atoms with Gasteiger partial charge in [0.25, 0.3) is 0 Å². The van der Waals surface area contributed by atoms with Crippen molar-refractivity contribution in [3.63, 3.8) is 0 Å². The highest BCUT2D eigenvalue weighted by atomic mass is 35.5. The summed E-state index contributed by atoms with van der Waals surface area (Å²) in [6.45, 7) is 5.09. The van der Waals surface area contributed by atoms with E-state index in [1.165, 1.54) is 16.0 Å². The molecule has 0 N–H and O–H groups in total. The maximum atomic E-state index is 6.04. The lowest BCUT2D eigenvalue weighted by Crippen LogP contribution is -2.03. The predicted molar refractivity (Wildman–Crippen MR) is 82.2 cm³/mol. The normalized spacial score (nSPS) is 11.3. The van der Waals surface area contributed by atoms with E-state index in [4.69, 9.17) is 11.6 Å². The second-order valence-electron chi connectivity index (χ2n) is 4.77. The molecule has 3 aromatic rings. The maximum Gasteiger partial charge on any atom is 0.125 e. The molecule has 2 heterocycles. The smallest absolute Gasteiger partial charge is 0.125 e. The van der Waals surface area contributed by atoms with E-state index in [0.29, 0.717) is 5.88 Å². The summed E-state index contributed by atoms with van der Waals surface area (Å²) in [5.41, 5.74) is 4.75. The highest BCUT2D eigenvalue weighted by Crippen LogP contribution is 2.23. The molecular formula is C15H15ClN2S. The van der Waals surface area contributed by atoms with Crippen LogP contribution in [0.5, 0.6) is 0 Å². The van der Waals surface area contributed by atoms with Crippen molar-refractivity contribution in [1.29, 1.82) is 0 Å². The second kappa shape index (κ2) is 4.99. The molecule has 0 aliphatic heterocycles. The molecule has 0 saturated heterocycles. The van der Waals surface area contributed by atoms with Crippen LogP contribution in [0.3, 0.4) is 0 Å². The Hall–Kier alpha value is -1.32. The molecule has 0 fully saturated rings. The predicted octanol–water partition coefficient (Wildman–Crippen LogP) is 4.50. The Kier molecular flexibility index (Phi) is 3.33. The molecule has 0 atom stereocenters. The molecule has 2 nitrogen and oxygen atoms in total. The molecule has 1 aromatic carbocycles. The summed E-state index contributed by atoms with van der Waals surface area (Å²) in [5, 5.41) is 2.13. The summed E-state index contributed by atoms with van der Waals surface area (Å²) in [4.78, 5) is 6.00. The average molecular weight is 291 g/mol. The third-order valence-electron chi connectivity index (χ3n) is 3.37. The number of hydrogen-bond donors (Lipinski definition) is 0. The summed E-state index contributed by atoms with van der Waals surface area (Å²) in [5.74, 6) is 1.38. The number of aryl methyl sites for hydroxylation is 2. The van der Waals surface area contributed by atoms with Crippen molar-refractivity contribution in [1.82, 2.24) is 9.55 Å². The Balaban J connectivity index is 2.13. The van der Waals surface area contributed by atoms with Crippen LogP contribution in [-0.2, 0) is 12.4 Å². The number of halogens is 1. The van der Waals surface area contributed by atoms with E-state index >= 15 is 0 Å². The van der Waals surface area contributed by atoms with E-state index in [0.717, 1.165) is 23.4 Å². The van der Waals surface area contributed by atoms with Crippen LogP contribution in [-0.4, -0.2) is 9.55 Å². The first-order valence-electron chi connectivity index (χ1n) is 6.23. The molecule has 0 radical (unpaired) electrons. The van der Waals surface area contributed by atoms with Crippen LogP contribution >= 0.6 is 22.9 Å². The van der Waals surface area contributed by atoms with Crippen LogP contribution in [0.15, 0.2) is 29.6 Å². The van der Waals surface area contributed by atoms with Gasteiger partial charge < -0.3 is 4.57 Å². The van der Waals surface area contributed by atoms with E-state index in [9.17, 15) is 0 Å². The van der Waals surface area contributed by atoms with Crippen molar-refractivity contribution in [2.75, 3.05) is 0 Å². The topological polar surface area (TPSA) is 17.8 Å². The fourth-order valence-electron chi connectivity index (χ4n) is 2.28. The number of fused-ring (bicyclic) bond motifs is 1. The van der Waals surface area contributed by atoms with Crippen LogP contribution in [0.4, 0.5) is 0 Å². The molecular weight excluding hydrogens is 276 g/mol. The number of hydrogen-bond acceptors (Lipinski definition) is 2. The molecule has 0 amide bonds. The second-order valence-corrected chi connectivity index (χ2v) is 6.03. The van der Waals surface area contributed by atoms with Crippen LogP contribution in [0.2, 0.25) is 0 Å². The zero-order valence-corrected chi connectivity index (χ0v) is 12.6. The van der Waals surface area contributed by atoms with Gasteiger partial charge in [0.05, 0.1) is 23.5 Å². The molecule has 98 valence electrons. The highest BCUT2D eigenvalue weighted by molar-refractivity contribution is 7.10. The van der Waals surface area contributed by atoms with Gasteiger partial charge in [-0.1, -0.05) is 6.07 Å². The Morgan fingerprint density at radius 1 is 1.26 bits per heavy atom. The van der Waals surface area contributed by atoms with Gasteiger partial charge in [-0.15, -0.1) is 22.9 Å². The van der Waals surface area contributed by atoms with Gasteiger partial charge in [0.1, 0.15) is 5.82 Å². The van der Waals surface area contributed by atoms with Gasteiger partial charge in [-0.05, 0) is 48.6 Å². The quantitative estimate of drug-likeness (QED) is 0.649. The summed E-state index contributed by atoms with van der Waals surface area (Å²) in [6.07, 6.45) is 0. The molecule has 2 aromatic heterocycles. The van der Waals surface area contributed by atoms with Gasteiger partial charge in [-0.2, -0.15) is 0 Å². The summed E-state index contributed by atoms with van der Waals surface area (Å²) < 4.78 is 2.22. The molecule has 0 spiro atoms. The standard InChI is InChI=1S/C15H15ClN2S/c1-10-3-4-13-12(7-10)17-15(8-16)18(13)9-14-11(2)5-6-19-14/h3-7H,8-9H2,1-2H3. The Labute approximate surface area is 121 Å². The van der Waals surface area contributed by atoms with Gasteiger partial charge >= 0.3 is 0 Å². The lowest BCUT2D eigenvalue weighted by Gasteiger charge is -2.07. The number of aromatic nitrogens is 2. The zero-order valence-electron chi connectivity index (χ0n) is 11.0. The van der Waals surface area contributed by atoms with Gasteiger partial charge in [0.2, 0.25) is 0 Å². The first-order valence-corrected chi connectivity index (χ1v) is 7.65. The Morgan fingerprint density at radius 3 is 2.79 bits per heavy atom. The van der Waals surface area contributed by atoms with Crippen molar-refractivity contribution in [2.45, 2.75) is 26.3 Å². The van der Waals surface area contributed by atoms with Gasteiger partial charge in [-0.25, -0.2) is 4.98 Å². The Morgan fingerprint density at radius 2 is 2.11 bits per heavy atom. The van der Waals surface area contributed by atoms with E-state index < -0.39 is 0 Å². The van der Waals surface area contributed by atoms with Crippen LogP contribution in [0.1, 0.15) is 21.8 Å². The summed E-state index contributed by atoms with van der Waals surface area (Å²) in [7, 11) is 0. The minimum Gasteiger partial charge on any atom is -0.322 e. The van der Waals surface area contributed by atoms with Crippen molar-refractivity contribution >= 4 is 34.0 Å². The van der Waals surface area contributed by atoms with Crippen molar-refractivity contribution in [3.8, 4) is 0 Å². The molecule has 0 unspecified atom stereocenters. The monoisotopic (exact) mass is 290 g/mol. The number of rotatable bonds is 3. The lowest BCUT2D eigenvalue weighted by molar-refractivity contribution is 0.786. The number of benzene rings is 1. The molecule has 0 aliphatic rings. The SMILES string of the molecule is Cc1ccc2c(c1)nc(CCl)n2Cc1sccc1C. The minimum absolute atomic E-state index is 0.443. The average Bonchev–Trinajstić information content (AvgIpc) is 2.94. The molecule has 3 rings (SSSR count). The van der Waals surface area contributed by atoms with Crippen LogP contribution < -0.4 is 0 Å². The van der Waals surface area contributed by atoms with Gasteiger partial charge in [-0.3, -0.25) is 0 Å². The third-order valence-corrected chi connectivity index (χ3v) is 4.62. The summed E-state index contributed by atoms with van der Waals surface area (Å²) in [6, 6.07) is 8.53. The number of thiophene rings is 1. The van der Waals surface area contributed by atoms with E-state index in [1.807, 2.05) is 0 Å². The van der Waals surface area contributed by atoms with Gasteiger partial charge in [0, 0.05) is 4.88 Å². The van der Waals surface area contributed by atoms with Crippen molar-refractivity contribution in [3.05, 3.63) is 51.5 Å². The molecule has 19 heavy (non-hydrogen) atoms. The summed E-state index contributed by atoms with van der Waals surface area (Å²) >= 11 is 7.83. The van der Waals surface area contributed by atoms with E-state index in [1.54, 1.807) is 11.3 Å². The first kappa shape index (κ1) is 12.7.